The van der Waals surface area contributed by atoms with Gasteiger partial charge in [0.05, 0.1) is 17.9 Å². The summed E-state index contributed by atoms with van der Waals surface area (Å²) in [5.74, 6) is -4.22. The highest BCUT2D eigenvalue weighted by atomic mass is 35.5. The molecule has 1 aliphatic rings. The van der Waals surface area contributed by atoms with Crippen molar-refractivity contribution in [3.8, 4) is 11.5 Å². The quantitative estimate of drug-likeness (QED) is 0.115. The first-order chi connectivity index (χ1) is 19.5. The smallest absolute Gasteiger partial charge is 0.325 e. The number of aromatic hydroxyl groups is 2. The van der Waals surface area contributed by atoms with Gasteiger partial charge in [0.15, 0.2) is 23.7 Å². The molecule has 0 spiro atoms. The van der Waals surface area contributed by atoms with Crippen LogP contribution in [-0.2, 0) is 42.9 Å². The first kappa shape index (κ1) is 34.1. The Morgan fingerprint density at radius 3 is 2.17 bits per heavy atom. The molecular formula is C28H40ClNO11. The van der Waals surface area contributed by atoms with E-state index >= 15 is 0 Å². The minimum atomic E-state index is -1.35. The maximum absolute atomic E-state index is 13.0. The van der Waals surface area contributed by atoms with E-state index in [1.807, 2.05) is 6.92 Å². The Morgan fingerprint density at radius 2 is 1.56 bits per heavy atom. The van der Waals surface area contributed by atoms with E-state index < -0.39 is 59.7 Å². The number of phenolic OH excluding ortho intramolecular Hbond substituents is 2. The second kappa shape index (κ2) is 17.0. The number of hydrogen-bond acceptors (Lipinski definition) is 12. The third-order valence-corrected chi connectivity index (χ3v) is 6.70. The average Bonchev–Trinajstić information content (AvgIpc) is 2.91. The van der Waals surface area contributed by atoms with Gasteiger partial charge in [0, 0.05) is 19.3 Å². The van der Waals surface area contributed by atoms with Crippen LogP contribution in [0.2, 0.25) is 0 Å². The fourth-order valence-electron chi connectivity index (χ4n) is 4.10. The number of carbonyl (C=O) groups is 4. The summed E-state index contributed by atoms with van der Waals surface area (Å²) in [5.41, 5.74) is 6.48. The van der Waals surface area contributed by atoms with E-state index in [1.54, 1.807) is 13.8 Å². The lowest BCUT2D eigenvalue weighted by atomic mass is 9.94. The Hall–Kier alpha value is -3.09. The Kier molecular flexibility index (Phi) is 14.1. The molecule has 2 unspecified atom stereocenters. The van der Waals surface area contributed by atoms with E-state index in [4.69, 9.17) is 41.0 Å². The molecule has 1 saturated heterocycles. The summed E-state index contributed by atoms with van der Waals surface area (Å²) < 4.78 is 27.9. The van der Waals surface area contributed by atoms with Crippen molar-refractivity contribution in [2.24, 2.45) is 11.7 Å². The van der Waals surface area contributed by atoms with E-state index in [2.05, 4.69) is 0 Å². The Morgan fingerprint density at radius 1 is 0.951 bits per heavy atom. The van der Waals surface area contributed by atoms with E-state index in [-0.39, 0.29) is 50.4 Å². The van der Waals surface area contributed by atoms with Crippen molar-refractivity contribution in [1.29, 1.82) is 0 Å². The van der Waals surface area contributed by atoms with E-state index in [9.17, 15) is 29.4 Å². The Labute approximate surface area is 244 Å². The molecule has 41 heavy (non-hydrogen) atoms. The summed E-state index contributed by atoms with van der Waals surface area (Å²) in [4.78, 5) is 49.9. The molecule has 2 rings (SSSR count). The van der Waals surface area contributed by atoms with Crippen LogP contribution in [0.1, 0.15) is 76.7 Å². The van der Waals surface area contributed by atoms with Crippen LogP contribution in [0.4, 0.5) is 0 Å². The third kappa shape index (κ3) is 10.7. The summed E-state index contributed by atoms with van der Waals surface area (Å²) in [7, 11) is 0. The fourth-order valence-corrected chi connectivity index (χ4v) is 4.43. The zero-order valence-corrected chi connectivity index (χ0v) is 24.3. The van der Waals surface area contributed by atoms with Gasteiger partial charge in [0.25, 0.3) is 0 Å². The van der Waals surface area contributed by atoms with Crippen molar-refractivity contribution in [2.75, 3.05) is 13.2 Å². The first-order valence-electron chi connectivity index (χ1n) is 13.8. The van der Waals surface area contributed by atoms with Gasteiger partial charge in [0.2, 0.25) is 6.29 Å². The second-order valence-corrected chi connectivity index (χ2v) is 10.3. The topological polar surface area (TPSA) is 181 Å². The minimum absolute atomic E-state index is 0.0918. The van der Waals surface area contributed by atoms with Crippen molar-refractivity contribution >= 4 is 35.5 Å². The molecule has 0 aliphatic carbocycles. The average molecular weight is 602 g/mol. The zero-order chi connectivity index (χ0) is 30.5. The highest BCUT2D eigenvalue weighted by molar-refractivity contribution is 6.21. The summed E-state index contributed by atoms with van der Waals surface area (Å²) >= 11 is 6.38. The molecule has 230 valence electrons. The maximum atomic E-state index is 13.0. The van der Waals surface area contributed by atoms with Crippen LogP contribution in [0.5, 0.6) is 11.5 Å². The fraction of sp³-hybridized carbons (Fsp3) is 0.643. The summed E-state index contributed by atoms with van der Waals surface area (Å²) in [5, 5.41) is 18.4. The first-order valence-corrected chi connectivity index (χ1v) is 14.2. The Balaban J connectivity index is 2.23. The molecule has 12 nitrogen and oxygen atoms in total. The van der Waals surface area contributed by atoms with Crippen molar-refractivity contribution in [3.63, 3.8) is 0 Å². The lowest BCUT2D eigenvalue weighted by Crippen LogP contribution is -2.56. The maximum Gasteiger partial charge on any atom is 0.325 e. The van der Waals surface area contributed by atoms with Crippen LogP contribution in [0.3, 0.4) is 0 Å². The molecule has 1 aromatic rings. The van der Waals surface area contributed by atoms with Gasteiger partial charge >= 0.3 is 23.9 Å². The van der Waals surface area contributed by atoms with Gasteiger partial charge in [-0.1, -0.05) is 26.8 Å². The third-order valence-electron chi connectivity index (χ3n) is 6.27. The molecule has 0 saturated carbocycles. The van der Waals surface area contributed by atoms with Crippen LogP contribution in [0, 0.1) is 5.92 Å². The standard InChI is InChI=1S/C28H40ClNO11/c1-4-7-23(33)37-14-17-26(40-25(35)9-6-3)22(39-24(34)8-5-2)15-38-28(17)41-27(36)19(30)13-18(29)16-10-11-20(31)21(32)12-16/h10-12,17-19,22,26,28,31-32H,4-9,13-15,30H2,1-3H3/t17-,18?,19+,22-,26-,28?/m1/s1. The number of rotatable bonds is 15. The van der Waals surface area contributed by atoms with Gasteiger partial charge < -0.3 is 39.6 Å². The largest absolute Gasteiger partial charge is 0.504 e. The molecule has 1 aliphatic heterocycles. The molecule has 1 aromatic carbocycles. The zero-order valence-electron chi connectivity index (χ0n) is 23.6. The van der Waals surface area contributed by atoms with E-state index in [1.165, 1.54) is 18.2 Å². The lowest BCUT2D eigenvalue weighted by Gasteiger charge is -2.40. The van der Waals surface area contributed by atoms with Crippen molar-refractivity contribution in [3.05, 3.63) is 23.8 Å². The number of phenols is 2. The molecule has 1 fully saturated rings. The highest BCUT2D eigenvalue weighted by Gasteiger charge is 2.48. The van der Waals surface area contributed by atoms with Crippen molar-refractivity contribution in [1.82, 2.24) is 0 Å². The normalized spacial score (nSPS) is 21.8. The second-order valence-electron chi connectivity index (χ2n) is 9.78. The number of alkyl halides is 1. The van der Waals surface area contributed by atoms with Crippen LogP contribution >= 0.6 is 11.6 Å². The number of halogens is 1. The minimum Gasteiger partial charge on any atom is -0.504 e. The number of ether oxygens (including phenoxy) is 5. The Bertz CT molecular complexity index is 1040. The highest BCUT2D eigenvalue weighted by Crippen LogP contribution is 2.33. The molecule has 1 heterocycles. The van der Waals surface area contributed by atoms with Crippen LogP contribution in [0.15, 0.2) is 18.2 Å². The van der Waals surface area contributed by atoms with Gasteiger partial charge in [-0.3, -0.25) is 19.2 Å². The molecule has 0 aromatic heterocycles. The number of benzene rings is 1. The molecule has 13 heteroatoms. The number of carbonyl (C=O) groups excluding carboxylic acids is 4. The van der Waals surface area contributed by atoms with Gasteiger partial charge in [-0.2, -0.15) is 0 Å². The van der Waals surface area contributed by atoms with Crippen molar-refractivity contribution < 1.29 is 53.1 Å². The van der Waals surface area contributed by atoms with Gasteiger partial charge in [-0.15, -0.1) is 11.6 Å². The van der Waals surface area contributed by atoms with Crippen LogP contribution in [0.25, 0.3) is 0 Å². The predicted octanol–water partition coefficient (Wildman–Crippen LogP) is 3.38. The molecular weight excluding hydrogens is 562 g/mol. The van der Waals surface area contributed by atoms with Gasteiger partial charge in [0.1, 0.15) is 12.6 Å². The molecule has 0 radical (unpaired) electrons. The summed E-state index contributed by atoms with van der Waals surface area (Å²) in [6, 6.07) is 2.76. The number of esters is 4. The van der Waals surface area contributed by atoms with E-state index in [0.717, 1.165) is 0 Å². The lowest BCUT2D eigenvalue weighted by molar-refractivity contribution is -0.261. The van der Waals surface area contributed by atoms with Crippen molar-refractivity contribution in [2.45, 2.75) is 95.6 Å². The van der Waals surface area contributed by atoms with E-state index in [0.29, 0.717) is 24.8 Å². The molecule has 0 bridgehead atoms. The monoisotopic (exact) mass is 601 g/mol. The van der Waals surface area contributed by atoms with Gasteiger partial charge in [-0.25, -0.2) is 0 Å². The van der Waals surface area contributed by atoms with Crippen LogP contribution < -0.4 is 5.73 Å². The molecule has 4 N–H and O–H groups in total. The summed E-state index contributed by atoms with van der Waals surface area (Å²) in [6.45, 7) is 4.81. The summed E-state index contributed by atoms with van der Waals surface area (Å²) in [6.07, 6.45) is -1.66. The SMILES string of the molecule is CCCC(=O)OC[C@H]1C(OC(=O)[C@@H](N)CC(Cl)c2ccc(O)c(O)c2)OC[C@@H](OC(=O)CCC)[C@@H]1OC(=O)CCC. The molecule has 6 atom stereocenters. The number of hydrogen-bond donors (Lipinski definition) is 3. The molecule has 0 amide bonds. The number of nitrogens with two attached hydrogens (primary N) is 1. The predicted molar refractivity (Wildman–Crippen MR) is 146 cm³/mol. The van der Waals surface area contributed by atoms with Crippen LogP contribution in [-0.4, -0.2) is 71.8 Å². The van der Waals surface area contributed by atoms with Gasteiger partial charge in [-0.05, 0) is 43.4 Å².